The second-order valence-corrected chi connectivity index (χ2v) is 9.87. The van der Waals surface area contributed by atoms with E-state index < -0.39 is 15.6 Å². The second-order valence-electron chi connectivity index (χ2n) is 8.12. The molecule has 1 atom stereocenters. The fourth-order valence-corrected chi connectivity index (χ4v) is 4.93. The maximum absolute atomic E-state index is 11.5. The lowest BCUT2D eigenvalue weighted by atomic mass is 10.1. The van der Waals surface area contributed by atoms with Crippen LogP contribution in [0, 0.1) is 5.92 Å². The molecule has 0 aliphatic carbocycles. The minimum absolute atomic E-state index is 0. The number of likely N-dealkylation sites (tertiary alicyclic amines) is 2. The lowest BCUT2D eigenvalue weighted by molar-refractivity contribution is 0.198. The van der Waals surface area contributed by atoms with Crippen LogP contribution >= 0.6 is 24.0 Å². The first-order chi connectivity index (χ1) is 11.7. The fraction of sp³-hybridized carbons (Fsp3) is 0.941. The number of nitrogens with one attached hydrogen (secondary N) is 2. The van der Waals surface area contributed by atoms with Gasteiger partial charge in [-0.15, -0.1) is 24.0 Å². The molecule has 2 aliphatic rings. The summed E-state index contributed by atoms with van der Waals surface area (Å²) in [6, 6.07) is 0. The van der Waals surface area contributed by atoms with Gasteiger partial charge in [-0.2, -0.15) is 0 Å². The third-order valence-corrected chi connectivity index (χ3v) is 5.84. The summed E-state index contributed by atoms with van der Waals surface area (Å²) in [6.07, 6.45) is 6.43. The predicted octanol–water partition coefficient (Wildman–Crippen LogP) is 1.32. The van der Waals surface area contributed by atoms with E-state index >= 15 is 0 Å². The van der Waals surface area contributed by atoms with Crippen LogP contribution in [0.1, 0.15) is 39.5 Å². The highest BCUT2D eigenvalue weighted by Crippen LogP contribution is 2.20. The predicted molar refractivity (Wildman–Crippen MR) is 119 cm³/mol. The van der Waals surface area contributed by atoms with E-state index in [1.54, 1.807) is 7.05 Å². The molecule has 0 bridgehead atoms. The van der Waals surface area contributed by atoms with E-state index in [0.29, 0.717) is 12.5 Å². The van der Waals surface area contributed by atoms with Crippen molar-refractivity contribution in [1.29, 1.82) is 0 Å². The van der Waals surface area contributed by atoms with Crippen LogP contribution in [0.5, 0.6) is 0 Å². The van der Waals surface area contributed by atoms with Gasteiger partial charge in [0, 0.05) is 38.8 Å². The first-order valence-corrected chi connectivity index (χ1v) is 11.2. The Kier molecular flexibility index (Phi) is 9.59. The Bertz CT molecular complexity index is 562. The molecule has 9 heteroatoms. The first kappa shape index (κ1) is 23.9. The Morgan fingerprint density at radius 2 is 1.85 bits per heavy atom. The van der Waals surface area contributed by atoms with Gasteiger partial charge in [0.25, 0.3) is 0 Å². The van der Waals surface area contributed by atoms with Crippen LogP contribution < -0.4 is 10.0 Å². The third-order valence-electron chi connectivity index (χ3n) is 4.91. The van der Waals surface area contributed by atoms with Gasteiger partial charge in [0.2, 0.25) is 10.0 Å². The van der Waals surface area contributed by atoms with Gasteiger partial charge >= 0.3 is 0 Å². The summed E-state index contributed by atoms with van der Waals surface area (Å²) in [5.74, 6) is 1.56. The Labute approximate surface area is 176 Å². The van der Waals surface area contributed by atoms with Gasteiger partial charge in [-0.05, 0) is 52.1 Å². The number of hydrogen-bond donors (Lipinski definition) is 2. The number of nitrogens with zero attached hydrogens (tertiary/aromatic N) is 3. The van der Waals surface area contributed by atoms with Crippen LogP contribution in [-0.2, 0) is 10.0 Å². The molecule has 0 aromatic carbocycles. The summed E-state index contributed by atoms with van der Waals surface area (Å²) in [5.41, 5.74) is -0.559. The third kappa shape index (κ3) is 8.26. The van der Waals surface area contributed by atoms with Crippen molar-refractivity contribution in [3.8, 4) is 0 Å². The Morgan fingerprint density at radius 3 is 2.42 bits per heavy atom. The van der Waals surface area contributed by atoms with Crippen LogP contribution in [0.3, 0.4) is 0 Å². The van der Waals surface area contributed by atoms with Crippen LogP contribution in [0.4, 0.5) is 0 Å². The van der Waals surface area contributed by atoms with Gasteiger partial charge in [-0.25, -0.2) is 13.1 Å². The molecule has 2 heterocycles. The van der Waals surface area contributed by atoms with Gasteiger partial charge < -0.3 is 15.1 Å². The molecular formula is C17H36IN5O2S. The molecule has 0 amide bonds. The normalized spacial score (nSPS) is 23.0. The molecule has 0 spiro atoms. The molecule has 0 aromatic heterocycles. The van der Waals surface area contributed by atoms with Gasteiger partial charge in [0.15, 0.2) is 5.96 Å². The van der Waals surface area contributed by atoms with Gasteiger partial charge in [-0.3, -0.25) is 4.99 Å². The Balaban J connectivity index is 0.00000338. The van der Waals surface area contributed by atoms with E-state index in [0.717, 1.165) is 19.0 Å². The molecule has 0 saturated carbocycles. The molecule has 2 N–H and O–H groups in total. The van der Waals surface area contributed by atoms with Crippen molar-refractivity contribution in [3.05, 3.63) is 0 Å². The highest BCUT2D eigenvalue weighted by molar-refractivity contribution is 14.0. The quantitative estimate of drug-likeness (QED) is 0.326. The fourth-order valence-electron chi connectivity index (χ4n) is 3.85. The summed E-state index contributed by atoms with van der Waals surface area (Å²) in [5, 5.41) is 3.33. The van der Waals surface area contributed by atoms with E-state index in [9.17, 15) is 8.42 Å². The molecule has 1 unspecified atom stereocenters. The number of piperidine rings is 1. The van der Waals surface area contributed by atoms with Gasteiger partial charge in [0.1, 0.15) is 0 Å². The molecule has 2 aliphatic heterocycles. The molecule has 2 rings (SSSR count). The summed E-state index contributed by atoms with van der Waals surface area (Å²) >= 11 is 0. The van der Waals surface area contributed by atoms with Crippen molar-refractivity contribution in [2.75, 3.05) is 52.6 Å². The number of sulfonamides is 1. The van der Waals surface area contributed by atoms with Gasteiger partial charge in [-0.1, -0.05) is 6.42 Å². The maximum atomic E-state index is 11.5. The standard InChI is InChI=1S/C17H35N5O2S.HI/c1-17(2,20-25(4,23)24)14-19-16(18-3)22-11-8-15(13-22)12-21-9-6-5-7-10-21;/h15,20H,5-14H2,1-4H3,(H,18,19);1H. The summed E-state index contributed by atoms with van der Waals surface area (Å²) in [6.45, 7) is 9.96. The highest BCUT2D eigenvalue weighted by atomic mass is 127. The number of guanidine groups is 1. The minimum atomic E-state index is -3.23. The van der Waals surface area contributed by atoms with E-state index in [4.69, 9.17) is 0 Å². The van der Waals surface area contributed by atoms with E-state index in [-0.39, 0.29) is 24.0 Å². The topological polar surface area (TPSA) is 77.0 Å². The Hall–Kier alpha value is -0.130. The molecule has 154 valence electrons. The zero-order valence-electron chi connectivity index (χ0n) is 16.6. The number of hydrogen-bond acceptors (Lipinski definition) is 4. The molecule has 0 radical (unpaired) electrons. The minimum Gasteiger partial charge on any atom is -0.354 e. The lowest BCUT2D eigenvalue weighted by Crippen LogP contribution is -2.53. The number of halogens is 1. The SMILES string of the molecule is CN=C(NCC(C)(C)NS(C)(=O)=O)N1CCC(CN2CCCCC2)C1.I. The molecule has 2 fully saturated rings. The van der Waals surface area contributed by atoms with Crippen molar-refractivity contribution < 1.29 is 8.42 Å². The van der Waals surface area contributed by atoms with Crippen molar-refractivity contribution in [1.82, 2.24) is 19.8 Å². The molecule has 26 heavy (non-hydrogen) atoms. The zero-order valence-corrected chi connectivity index (χ0v) is 19.8. The Morgan fingerprint density at radius 1 is 1.19 bits per heavy atom. The monoisotopic (exact) mass is 501 g/mol. The molecular weight excluding hydrogens is 465 g/mol. The largest absolute Gasteiger partial charge is 0.354 e. The van der Waals surface area contributed by atoms with Crippen LogP contribution in [0.15, 0.2) is 4.99 Å². The molecule has 7 nitrogen and oxygen atoms in total. The van der Waals surface area contributed by atoms with Gasteiger partial charge in [0.05, 0.1) is 6.26 Å². The van der Waals surface area contributed by atoms with Crippen molar-refractivity contribution in [2.45, 2.75) is 45.1 Å². The summed E-state index contributed by atoms with van der Waals surface area (Å²) in [4.78, 5) is 9.29. The van der Waals surface area contributed by atoms with E-state index in [2.05, 4.69) is 24.8 Å². The first-order valence-electron chi connectivity index (χ1n) is 9.35. The average molecular weight is 501 g/mol. The van der Waals surface area contributed by atoms with Crippen LogP contribution in [0.2, 0.25) is 0 Å². The lowest BCUT2D eigenvalue weighted by Gasteiger charge is -2.30. The van der Waals surface area contributed by atoms with Crippen molar-refractivity contribution in [3.63, 3.8) is 0 Å². The van der Waals surface area contributed by atoms with E-state index in [1.807, 2.05) is 13.8 Å². The highest BCUT2D eigenvalue weighted by Gasteiger charge is 2.28. The average Bonchev–Trinajstić information content (AvgIpc) is 2.95. The second kappa shape index (κ2) is 10.4. The van der Waals surface area contributed by atoms with Crippen LogP contribution in [-0.4, -0.2) is 82.3 Å². The number of rotatable bonds is 6. The van der Waals surface area contributed by atoms with Crippen LogP contribution in [0.25, 0.3) is 0 Å². The summed E-state index contributed by atoms with van der Waals surface area (Å²) < 4.78 is 25.6. The van der Waals surface area contributed by atoms with Crippen molar-refractivity contribution >= 4 is 40.0 Å². The molecule has 0 aromatic rings. The zero-order chi connectivity index (χ0) is 18.5. The van der Waals surface area contributed by atoms with Crippen molar-refractivity contribution in [2.24, 2.45) is 10.9 Å². The summed E-state index contributed by atoms with van der Waals surface area (Å²) in [7, 11) is -1.44. The van der Waals surface area contributed by atoms with E-state index in [1.165, 1.54) is 51.6 Å². The maximum Gasteiger partial charge on any atom is 0.209 e. The number of aliphatic imine (C=N–C) groups is 1. The smallest absolute Gasteiger partial charge is 0.209 e. The molecule has 2 saturated heterocycles.